The minimum atomic E-state index is 0.0349. The van der Waals surface area contributed by atoms with Gasteiger partial charge >= 0.3 is 0 Å². The molecule has 0 aliphatic heterocycles. The Kier molecular flexibility index (Phi) is 6.32. The van der Waals surface area contributed by atoms with E-state index >= 15 is 0 Å². The van der Waals surface area contributed by atoms with Crippen molar-refractivity contribution < 1.29 is 9.53 Å². The summed E-state index contributed by atoms with van der Waals surface area (Å²) in [5.74, 6) is 0.465. The molecule has 0 saturated heterocycles. The molecule has 4 heteroatoms. The van der Waals surface area contributed by atoms with Crippen molar-refractivity contribution in [3.05, 3.63) is 34.4 Å². The van der Waals surface area contributed by atoms with Crippen LogP contribution in [0.25, 0.3) is 0 Å². The number of hydrogen-bond donors (Lipinski definition) is 0. The van der Waals surface area contributed by atoms with Gasteiger partial charge in [0.15, 0.2) is 0 Å². The summed E-state index contributed by atoms with van der Waals surface area (Å²) in [6.45, 7) is 7.61. The smallest absolute Gasteiger partial charge is 0.254 e. The van der Waals surface area contributed by atoms with Crippen LogP contribution in [-0.2, 0) is 4.74 Å². The maximum Gasteiger partial charge on any atom is 0.254 e. The Morgan fingerprint density at radius 2 is 1.79 bits per heavy atom. The number of halogens is 1. The molecule has 0 aromatic heterocycles. The average Bonchev–Trinajstić information content (AvgIpc) is 2.33. The van der Waals surface area contributed by atoms with E-state index in [0.29, 0.717) is 25.6 Å². The van der Waals surface area contributed by atoms with Crippen molar-refractivity contribution in [2.24, 2.45) is 0 Å². The lowest BCUT2D eigenvalue weighted by atomic mass is 9.99. The van der Waals surface area contributed by atoms with E-state index in [4.69, 9.17) is 16.3 Å². The summed E-state index contributed by atoms with van der Waals surface area (Å²) < 4.78 is 5.05. The van der Waals surface area contributed by atoms with Gasteiger partial charge < -0.3 is 9.64 Å². The van der Waals surface area contributed by atoms with Crippen LogP contribution in [0.3, 0.4) is 0 Å². The molecular weight excluding hydrogens is 262 g/mol. The third-order valence-corrected chi connectivity index (χ3v) is 3.27. The molecule has 0 aliphatic carbocycles. The number of hydrogen-bond acceptors (Lipinski definition) is 2. The van der Waals surface area contributed by atoms with Crippen LogP contribution in [0.15, 0.2) is 12.1 Å². The summed E-state index contributed by atoms with van der Waals surface area (Å²) in [4.78, 5) is 14.4. The minimum absolute atomic E-state index is 0.0349. The molecule has 1 aromatic carbocycles. The van der Waals surface area contributed by atoms with E-state index in [-0.39, 0.29) is 5.91 Å². The minimum Gasteiger partial charge on any atom is -0.383 e. The maximum atomic E-state index is 12.6. The largest absolute Gasteiger partial charge is 0.383 e. The Bertz CT molecular complexity index is 423. The molecule has 19 heavy (non-hydrogen) atoms. The SMILES string of the molecule is COCCN(CCCl)C(=O)c1c(C)cc(C)cc1C. The van der Waals surface area contributed by atoms with Gasteiger partial charge in [0.25, 0.3) is 5.91 Å². The van der Waals surface area contributed by atoms with Crippen LogP contribution in [0.4, 0.5) is 0 Å². The van der Waals surface area contributed by atoms with Gasteiger partial charge in [0.1, 0.15) is 0 Å². The molecule has 0 spiro atoms. The highest BCUT2D eigenvalue weighted by atomic mass is 35.5. The van der Waals surface area contributed by atoms with E-state index in [1.54, 1.807) is 12.0 Å². The molecule has 0 unspecified atom stereocenters. The van der Waals surface area contributed by atoms with Crippen LogP contribution in [0.5, 0.6) is 0 Å². The fourth-order valence-corrected chi connectivity index (χ4v) is 2.50. The normalized spacial score (nSPS) is 10.6. The lowest BCUT2D eigenvalue weighted by Gasteiger charge is -2.23. The zero-order valence-electron chi connectivity index (χ0n) is 12.1. The molecule has 1 amide bonds. The zero-order valence-corrected chi connectivity index (χ0v) is 12.9. The number of ether oxygens (including phenoxy) is 1. The van der Waals surface area contributed by atoms with E-state index < -0.39 is 0 Å². The molecule has 0 radical (unpaired) electrons. The van der Waals surface area contributed by atoms with Crippen LogP contribution in [0.1, 0.15) is 27.0 Å². The molecule has 0 heterocycles. The third-order valence-electron chi connectivity index (χ3n) is 3.10. The van der Waals surface area contributed by atoms with Crippen LogP contribution in [0, 0.1) is 20.8 Å². The Morgan fingerprint density at radius 3 is 2.26 bits per heavy atom. The first kappa shape index (κ1) is 16.0. The molecule has 0 fully saturated rings. The average molecular weight is 284 g/mol. The molecular formula is C15H22ClNO2. The first-order valence-electron chi connectivity index (χ1n) is 6.43. The number of amides is 1. The number of rotatable bonds is 6. The molecule has 3 nitrogen and oxygen atoms in total. The molecule has 0 N–H and O–H groups in total. The number of carbonyl (C=O) groups is 1. The second kappa shape index (κ2) is 7.51. The molecule has 0 saturated carbocycles. The van der Waals surface area contributed by atoms with Crippen molar-refractivity contribution >= 4 is 17.5 Å². The maximum absolute atomic E-state index is 12.6. The standard InChI is InChI=1S/C15H22ClNO2/c1-11-9-12(2)14(13(3)10-11)15(18)17(6-5-16)7-8-19-4/h9-10H,5-8H2,1-4H3. The van der Waals surface area contributed by atoms with Gasteiger partial charge in [-0.15, -0.1) is 11.6 Å². The number of alkyl halides is 1. The molecule has 0 atom stereocenters. The molecule has 0 aliphatic rings. The van der Waals surface area contributed by atoms with E-state index in [1.807, 2.05) is 32.9 Å². The van der Waals surface area contributed by atoms with Crippen molar-refractivity contribution in [3.8, 4) is 0 Å². The Balaban J connectivity index is 3.02. The highest BCUT2D eigenvalue weighted by Gasteiger charge is 2.19. The van der Waals surface area contributed by atoms with Crippen molar-refractivity contribution in [2.45, 2.75) is 20.8 Å². The first-order valence-corrected chi connectivity index (χ1v) is 6.96. The van der Waals surface area contributed by atoms with E-state index in [2.05, 4.69) is 0 Å². The monoisotopic (exact) mass is 283 g/mol. The van der Waals surface area contributed by atoms with Crippen molar-refractivity contribution in [1.29, 1.82) is 0 Å². The highest BCUT2D eigenvalue weighted by molar-refractivity contribution is 6.18. The Labute approximate surface area is 120 Å². The number of nitrogens with zero attached hydrogens (tertiary/aromatic N) is 1. The third kappa shape index (κ3) is 4.22. The van der Waals surface area contributed by atoms with Crippen LogP contribution in [-0.4, -0.2) is 43.5 Å². The van der Waals surface area contributed by atoms with E-state index in [0.717, 1.165) is 16.7 Å². The second-order valence-corrected chi connectivity index (χ2v) is 5.13. The van der Waals surface area contributed by atoms with E-state index in [9.17, 15) is 4.79 Å². The summed E-state index contributed by atoms with van der Waals surface area (Å²) in [5.41, 5.74) is 3.98. The van der Waals surface area contributed by atoms with Crippen LogP contribution >= 0.6 is 11.6 Å². The Morgan fingerprint density at radius 1 is 1.21 bits per heavy atom. The Hall–Kier alpha value is -1.06. The fourth-order valence-electron chi connectivity index (χ4n) is 2.29. The summed E-state index contributed by atoms with van der Waals surface area (Å²) >= 11 is 5.78. The van der Waals surface area contributed by atoms with Gasteiger partial charge in [0.2, 0.25) is 0 Å². The van der Waals surface area contributed by atoms with Crippen molar-refractivity contribution in [2.75, 3.05) is 32.7 Å². The van der Waals surface area contributed by atoms with Crippen molar-refractivity contribution in [3.63, 3.8) is 0 Å². The summed E-state index contributed by atoms with van der Waals surface area (Å²) in [7, 11) is 1.63. The number of carbonyl (C=O) groups excluding carboxylic acids is 1. The van der Waals surface area contributed by atoms with Gasteiger partial charge in [-0.2, -0.15) is 0 Å². The van der Waals surface area contributed by atoms with Crippen LogP contribution < -0.4 is 0 Å². The summed E-state index contributed by atoms with van der Waals surface area (Å²) in [6.07, 6.45) is 0. The molecule has 1 aromatic rings. The number of aryl methyl sites for hydroxylation is 3. The van der Waals surface area contributed by atoms with Gasteiger partial charge in [0, 0.05) is 31.6 Å². The summed E-state index contributed by atoms with van der Waals surface area (Å²) in [6, 6.07) is 4.07. The lowest BCUT2D eigenvalue weighted by molar-refractivity contribution is 0.0706. The predicted octanol–water partition coefficient (Wildman–Crippen LogP) is 2.94. The molecule has 106 valence electrons. The highest BCUT2D eigenvalue weighted by Crippen LogP contribution is 2.18. The molecule has 1 rings (SSSR count). The van der Waals surface area contributed by atoms with E-state index in [1.165, 1.54) is 5.56 Å². The number of benzene rings is 1. The first-order chi connectivity index (χ1) is 9.01. The van der Waals surface area contributed by atoms with Crippen LogP contribution in [0.2, 0.25) is 0 Å². The van der Waals surface area contributed by atoms with Crippen molar-refractivity contribution in [1.82, 2.24) is 4.90 Å². The summed E-state index contributed by atoms with van der Waals surface area (Å²) in [5, 5.41) is 0. The van der Waals surface area contributed by atoms with Gasteiger partial charge in [-0.25, -0.2) is 0 Å². The number of methoxy groups -OCH3 is 1. The van der Waals surface area contributed by atoms with Gasteiger partial charge in [-0.05, 0) is 31.9 Å². The topological polar surface area (TPSA) is 29.5 Å². The van der Waals surface area contributed by atoms with Gasteiger partial charge in [0.05, 0.1) is 6.61 Å². The predicted molar refractivity (Wildman–Crippen MR) is 79.2 cm³/mol. The van der Waals surface area contributed by atoms with Gasteiger partial charge in [-0.1, -0.05) is 17.7 Å². The second-order valence-electron chi connectivity index (χ2n) is 4.75. The van der Waals surface area contributed by atoms with Gasteiger partial charge in [-0.3, -0.25) is 4.79 Å². The molecule has 0 bridgehead atoms. The zero-order chi connectivity index (χ0) is 14.4. The quantitative estimate of drug-likeness (QED) is 0.751. The fraction of sp³-hybridized carbons (Fsp3) is 0.533. The lowest BCUT2D eigenvalue weighted by Crippen LogP contribution is -2.36.